The molecule has 1 N–H and O–H groups in total. The van der Waals surface area contributed by atoms with Gasteiger partial charge in [0, 0.05) is 57.6 Å². The monoisotopic (exact) mass is 477 g/mol. The van der Waals surface area contributed by atoms with Crippen molar-refractivity contribution in [2.45, 2.75) is 39.2 Å². The number of benzene rings is 1. The molecule has 0 bridgehead atoms. The van der Waals surface area contributed by atoms with Gasteiger partial charge in [0.2, 0.25) is 5.91 Å². The number of aromatic nitrogens is 1. The summed E-state index contributed by atoms with van der Waals surface area (Å²) in [4.78, 5) is 37.8. The minimum atomic E-state index is -0.492. The summed E-state index contributed by atoms with van der Waals surface area (Å²) >= 11 is 0. The molecule has 4 rings (SSSR count). The van der Waals surface area contributed by atoms with Gasteiger partial charge in [-0.15, -0.1) is 0 Å². The van der Waals surface area contributed by atoms with Gasteiger partial charge in [0.05, 0.1) is 0 Å². The Morgan fingerprint density at radius 3 is 2.46 bits per heavy atom. The second kappa shape index (κ2) is 12.2. The predicted octanol–water partition coefficient (Wildman–Crippen LogP) is 3.29. The van der Waals surface area contributed by atoms with Crippen molar-refractivity contribution >= 4 is 17.6 Å². The fraction of sp³-hybridized carbons (Fsp3) is 0.536. The molecule has 1 aromatic carbocycles. The number of amides is 2. The summed E-state index contributed by atoms with van der Waals surface area (Å²) in [6.45, 7) is 10.7. The molecule has 1 aromatic heterocycles. The van der Waals surface area contributed by atoms with E-state index >= 15 is 0 Å². The maximum absolute atomic E-state index is 13.6. The number of carbonyl (C=O) groups is 2. The van der Waals surface area contributed by atoms with Crippen LogP contribution in [0.25, 0.3) is 0 Å². The molecule has 3 unspecified atom stereocenters. The molecule has 188 valence electrons. The van der Waals surface area contributed by atoms with Gasteiger partial charge in [-0.3, -0.25) is 14.5 Å². The number of rotatable bonds is 8. The number of nitrogens with zero attached hydrogens (tertiary/aromatic N) is 4. The lowest BCUT2D eigenvalue weighted by Crippen LogP contribution is -2.55. The molecule has 7 heteroatoms. The number of pyridine rings is 1. The van der Waals surface area contributed by atoms with Crippen LogP contribution >= 0.6 is 0 Å². The van der Waals surface area contributed by atoms with Crippen LogP contribution in [-0.2, 0) is 4.79 Å². The van der Waals surface area contributed by atoms with E-state index in [2.05, 4.69) is 40.0 Å². The second-order valence-corrected chi connectivity index (χ2v) is 9.97. The molecule has 3 heterocycles. The van der Waals surface area contributed by atoms with Crippen molar-refractivity contribution in [1.29, 1.82) is 0 Å². The summed E-state index contributed by atoms with van der Waals surface area (Å²) in [6, 6.07) is 14.7. The zero-order valence-electron chi connectivity index (χ0n) is 21.1. The van der Waals surface area contributed by atoms with Crippen molar-refractivity contribution in [3.05, 3.63) is 60.3 Å². The van der Waals surface area contributed by atoms with Crippen LogP contribution in [0, 0.1) is 11.8 Å². The van der Waals surface area contributed by atoms with Gasteiger partial charge in [0.1, 0.15) is 11.9 Å². The molecule has 0 saturated carbocycles. The molecule has 7 nitrogen and oxygen atoms in total. The maximum Gasteiger partial charge on any atom is 0.251 e. The van der Waals surface area contributed by atoms with Crippen LogP contribution in [0.3, 0.4) is 0 Å². The van der Waals surface area contributed by atoms with Gasteiger partial charge in [0.15, 0.2) is 0 Å². The Balaban J connectivity index is 1.32. The standard InChI is InChI=1S/C28H39N5O2/c1-3-22(2)26(30-27(34)24-11-5-4-6-12-24)28(35)33-15-9-10-23(21-33)20-31-16-18-32(19-17-31)25-13-7-8-14-29-25/h4-8,11-14,22-23,26H,3,9-10,15-21H2,1-2H3,(H,30,34). The first-order valence-electron chi connectivity index (χ1n) is 13.1. The molecule has 0 spiro atoms. The third-order valence-corrected chi connectivity index (χ3v) is 7.49. The summed E-state index contributed by atoms with van der Waals surface area (Å²) in [7, 11) is 0. The zero-order valence-corrected chi connectivity index (χ0v) is 21.1. The zero-order chi connectivity index (χ0) is 24.6. The Hall–Kier alpha value is -2.93. The number of likely N-dealkylation sites (tertiary alicyclic amines) is 1. The molecule has 2 aliphatic rings. The van der Waals surface area contributed by atoms with Crippen LogP contribution in [0.4, 0.5) is 5.82 Å². The van der Waals surface area contributed by atoms with E-state index in [-0.39, 0.29) is 17.7 Å². The quantitative estimate of drug-likeness (QED) is 0.632. The van der Waals surface area contributed by atoms with Crippen LogP contribution in [0.2, 0.25) is 0 Å². The molecule has 2 aliphatic heterocycles. The van der Waals surface area contributed by atoms with Gasteiger partial charge < -0.3 is 15.1 Å². The summed E-state index contributed by atoms with van der Waals surface area (Å²) < 4.78 is 0. The SMILES string of the molecule is CCC(C)C(NC(=O)c1ccccc1)C(=O)N1CCCC(CN2CCN(c3ccccn3)CC2)C1. The molecule has 2 amide bonds. The fourth-order valence-corrected chi connectivity index (χ4v) is 5.17. The Morgan fingerprint density at radius 1 is 1.03 bits per heavy atom. The third kappa shape index (κ3) is 6.60. The molecule has 2 saturated heterocycles. The summed E-state index contributed by atoms with van der Waals surface area (Å²) in [5.41, 5.74) is 0.593. The maximum atomic E-state index is 13.6. The molecule has 35 heavy (non-hydrogen) atoms. The van der Waals surface area contributed by atoms with E-state index in [4.69, 9.17) is 0 Å². The number of piperidine rings is 1. The van der Waals surface area contributed by atoms with Crippen LogP contribution in [0.15, 0.2) is 54.7 Å². The average molecular weight is 478 g/mol. The first-order chi connectivity index (χ1) is 17.0. The van der Waals surface area contributed by atoms with E-state index in [1.165, 1.54) is 0 Å². The number of anilines is 1. The van der Waals surface area contributed by atoms with Crippen molar-refractivity contribution in [2.75, 3.05) is 50.7 Å². The molecule has 3 atom stereocenters. The third-order valence-electron chi connectivity index (χ3n) is 7.49. The minimum absolute atomic E-state index is 0.0632. The highest BCUT2D eigenvalue weighted by molar-refractivity contribution is 5.97. The van der Waals surface area contributed by atoms with Crippen LogP contribution in [0.1, 0.15) is 43.5 Å². The second-order valence-electron chi connectivity index (χ2n) is 9.97. The number of piperazine rings is 1. The largest absolute Gasteiger partial charge is 0.354 e. The Bertz CT molecular complexity index is 946. The predicted molar refractivity (Wildman–Crippen MR) is 139 cm³/mol. The summed E-state index contributed by atoms with van der Waals surface area (Å²) in [5.74, 6) is 1.49. The molecule has 2 aromatic rings. The van der Waals surface area contributed by atoms with E-state index in [0.29, 0.717) is 11.5 Å². The highest BCUT2D eigenvalue weighted by atomic mass is 16.2. The first-order valence-corrected chi connectivity index (χ1v) is 13.1. The van der Waals surface area contributed by atoms with E-state index in [1.54, 1.807) is 12.1 Å². The number of carbonyl (C=O) groups excluding carboxylic acids is 2. The highest BCUT2D eigenvalue weighted by Gasteiger charge is 2.33. The van der Waals surface area contributed by atoms with Crippen molar-refractivity contribution in [3.63, 3.8) is 0 Å². The fourth-order valence-electron chi connectivity index (χ4n) is 5.17. The van der Waals surface area contributed by atoms with Gasteiger partial charge in [-0.05, 0) is 48.9 Å². The Labute approximate surface area is 209 Å². The molecular formula is C28H39N5O2. The van der Waals surface area contributed by atoms with Gasteiger partial charge in [-0.1, -0.05) is 44.5 Å². The lowest BCUT2D eigenvalue weighted by Gasteiger charge is -2.40. The smallest absolute Gasteiger partial charge is 0.251 e. The topological polar surface area (TPSA) is 68.8 Å². The minimum Gasteiger partial charge on any atom is -0.354 e. The van der Waals surface area contributed by atoms with Gasteiger partial charge in [0.25, 0.3) is 5.91 Å². The number of hydrogen-bond donors (Lipinski definition) is 1. The van der Waals surface area contributed by atoms with Crippen LogP contribution < -0.4 is 10.2 Å². The highest BCUT2D eigenvalue weighted by Crippen LogP contribution is 2.22. The summed E-state index contributed by atoms with van der Waals surface area (Å²) in [5, 5.41) is 3.05. The van der Waals surface area contributed by atoms with Gasteiger partial charge in [-0.2, -0.15) is 0 Å². The normalized spacial score (nSPS) is 20.8. The molecule has 0 radical (unpaired) electrons. The number of nitrogens with one attached hydrogen (secondary N) is 1. The Morgan fingerprint density at radius 2 is 1.77 bits per heavy atom. The number of hydrogen-bond acceptors (Lipinski definition) is 5. The molecule has 0 aliphatic carbocycles. The van der Waals surface area contributed by atoms with Crippen molar-refractivity contribution < 1.29 is 9.59 Å². The first kappa shape index (κ1) is 25.2. The van der Waals surface area contributed by atoms with E-state index < -0.39 is 6.04 Å². The van der Waals surface area contributed by atoms with Gasteiger partial charge in [-0.25, -0.2) is 4.98 Å². The lowest BCUT2D eigenvalue weighted by atomic mass is 9.93. The van der Waals surface area contributed by atoms with E-state index in [0.717, 1.165) is 70.9 Å². The van der Waals surface area contributed by atoms with Crippen LogP contribution in [0.5, 0.6) is 0 Å². The summed E-state index contributed by atoms with van der Waals surface area (Å²) in [6.07, 6.45) is 4.85. The lowest BCUT2D eigenvalue weighted by molar-refractivity contribution is -0.136. The molecular weight excluding hydrogens is 438 g/mol. The van der Waals surface area contributed by atoms with Crippen molar-refractivity contribution in [1.82, 2.24) is 20.1 Å². The van der Waals surface area contributed by atoms with Crippen molar-refractivity contribution in [3.8, 4) is 0 Å². The van der Waals surface area contributed by atoms with Crippen LogP contribution in [-0.4, -0.2) is 78.5 Å². The van der Waals surface area contributed by atoms with Crippen molar-refractivity contribution in [2.24, 2.45) is 11.8 Å². The Kier molecular flexibility index (Phi) is 8.74. The average Bonchev–Trinajstić information content (AvgIpc) is 2.92. The molecule has 2 fully saturated rings. The van der Waals surface area contributed by atoms with E-state index in [1.807, 2.05) is 41.4 Å². The van der Waals surface area contributed by atoms with E-state index in [9.17, 15) is 9.59 Å². The van der Waals surface area contributed by atoms with Gasteiger partial charge >= 0.3 is 0 Å².